The third kappa shape index (κ3) is 5.59. The number of carbonyl (C=O) groups excluding carboxylic acids is 1. The Hall–Kier alpha value is -2.72. The first-order valence-electron chi connectivity index (χ1n) is 12.4. The minimum absolute atomic E-state index is 0.215. The van der Waals surface area contributed by atoms with Crippen LogP contribution in [0.4, 0.5) is 19.0 Å². The van der Waals surface area contributed by atoms with Gasteiger partial charge in [-0.1, -0.05) is 18.6 Å². The third-order valence-electron chi connectivity index (χ3n) is 7.47. The van der Waals surface area contributed by atoms with Crippen molar-refractivity contribution in [2.75, 3.05) is 63.8 Å². The van der Waals surface area contributed by atoms with Crippen molar-refractivity contribution in [1.82, 2.24) is 24.9 Å². The fourth-order valence-electron chi connectivity index (χ4n) is 4.99. The van der Waals surface area contributed by atoms with Gasteiger partial charge >= 0.3 is 6.18 Å². The highest BCUT2D eigenvalue weighted by atomic mass is 19.4. The molecule has 3 aliphatic rings. The zero-order chi connectivity index (χ0) is 24.4. The second-order valence-electron chi connectivity index (χ2n) is 9.62. The molecule has 0 radical (unpaired) electrons. The smallest absolute Gasteiger partial charge is 0.353 e. The lowest BCUT2D eigenvalue weighted by atomic mass is 9.91. The highest BCUT2D eigenvalue weighted by molar-refractivity contribution is 5.78. The number of benzene rings is 1. The van der Waals surface area contributed by atoms with E-state index in [9.17, 15) is 18.0 Å². The van der Waals surface area contributed by atoms with Crippen molar-refractivity contribution in [3.05, 3.63) is 42.0 Å². The summed E-state index contributed by atoms with van der Waals surface area (Å²) in [4.78, 5) is 21.7. The number of rotatable bonds is 5. The molecular formula is C25H31F3N6O. The van der Waals surface area contributed by atoms with Crippen LogP contribution in [0.5, 0.6) is 0 Å². The predicted molar refractivity (Wildman–Crippen MR) is 127 cm³/mol. The lowest BCUT2D eigenvalue weighted by Gasteiger charge is -2.43. The number of piperazine rings is 2. The van der Waals surface area contributed by atoms with E-state index < -0.39 is 11.7 Å². The molecule has 7 nitrogen and oxygen atoms in total. The number of aromatic nitrogens is 2. The van der Waals surface area contributed by atoms with Crippen LogP contribution in [0.2, 0.25) is 0 Å². The molecule has 5 rings (SSSR count). The third-order valence-corrected chi connectivity index (χ3v) is 7.47. The molecule has 1 amide bonds. The number of nitrogens with zero attached hydrogens (tertiary/aromatic N) is 6. The van der Waals surface area contributed by atoms with Gasteiger partial charge in [0.15, 0.2) is 5.82 Å². The molecule has 1 aromatic carbocycles. The summed E-state index contributed by atoms with van der Waals surface area (Å²) in [6.45, 7) is 7.14. The zero-order valence-corrected chi connectivity index (χ0v) is 19.8. The lowest BCUT2D eigenvalue weighted by molar-refractivity contribution is -0.137. The number of hydrogen-bond donors (Lipinski definition) is 0. The molecule has 2 aliphatic heterocycles. The van der Waals surface area contributed by atoms with Gasteiger partial charge in [0, 0.05) is 64.0 Å². The van der Waals surface area contributed by atoms with E-state index in [1.54, 1.807) is 6.07 Å². The van der Waals surface area contributed by atoms with Crippen molar-refractivity contribution in [2.24, 2.45) is 0 Å². The molecule has 0 N–H and O–H groups in total. The highest BCUT2D eigenvalue weighted by Crippen LogP contribution is 2.31. The fourth-order valence-corrected chi connectivity index (χ4v) is 4.99. The SMILES string of the molecule is O=C(CN1CCN(c2ccc(-c3ccc(C(F)(F)F)cc3)nn2)CC1)N1CCN(C2CCC2)CC1. The van der Waals surface area contributed by atoms with Crippen molar-refractivity contribution >= 4 is 11.7 Å². The van der Waals surface area contributed by atoms with Gasteiger partial charge in [0.2, 0.25) is 5.91 Å². The minimum Gasteiger partial charge on any atom is -0.353 e. The monoisotopic (exact) mass is 488 g/mol. The molecule has 0 unspecified atom stereocenters. The molecule has 2 saturated heterocycles. The van der Waals surface area contributed by atoms with Crippen LogP contribution in [0.15, 0.2) is 36.4 Å². The van der Waals surface area contributed by atoms with E-state index >= 15 is 0 Å². The molecule has 3 fully saturated rings. The van der Waals surface area contributed by atoms with Crippen molar-refractivity contribution in [1.29, 1.82) is 0 Å². The van der Waals surface area contributed by atoms with E-state index in [0.29, 0.717) is 17.8 Å². The maximum absolute atomic E-state index is 12.8. The number of amides is 1. The topological polar surface area (TPSA) is 55.8 Å². The Labute approximate surface area is 203 Å². The first-order valence-corrected chi connectivity index (χ1v) is 12.4. The van der Waals surface area contributed by atoms with Crippen LogP contribution in [0.1, 0.15) is 24.8 Å². The Kier molecular flexibility index (Phi) is 6.93. The quantitative estimate of drug-likeness (QED) is 0.645. The van der Waals surface area contributed by atoms with Gasteiger partial charge in [0.25, 0.3) is 0 Å². The molecular weight excluding hydrogens is 457 g/mol. The molecule has 10 heteroatoms. The standard InChI is InChI=1S/C25H31F3N6O/c26-25(27,28)20-6-4-19(5-7-20)22-8-9-23(30-29-22)33-12-10-31(11-13-33)18-24(35)34-16-14-32(15-17-34)21-2-1-3-21/h4-9,21H,1-3,10-18H2. The Bertz CT molecular complexity index is 993. The van der Waals surface area contributed by atoms with Crippen molar-refractivity contribution in [3.63, 3.8) is 0 Å². The average Bonchev–Trinajstić information content (AvgIpc) is 2.84. The van der Waals surface area contributed by atoms with Gasteiger partial charge in [-0.3, -0.25) is 14.6 Å². The van der Waals surface area contributed by atoms with Crippen molar-refractivity contribution in [2.45, 2.75) is 31.5 Å². The summed E-state index contributed by atoms with van der Waals surface area (Å²) >= 11 is 0. The van der Waals surface area contributed by atoms with Gasteiger partial charge in [-0.15, -0.1) is 10.2 Å². The molecule has 1 aromatic heterocycles. The molecule has 0 atom stereocenters. The summed E-state index contributed by atoms with van der Waals surface area (Å²) < 4.78 is 38.3. The van der Waals surface area contributed by atoms with E-state index in [2.05, 4.69) is 24.9 Å². The van der Waals surface area contributed by atoms with Crippen LogP contribution in [-0.4, -0.2) is 95.7 Å². The van der Waals surface area contributed by atoms with Crippen LogP contribution >= 0.6 is 0 Å². The largest absolute Gasteiger partial charge is 0.416 e. The van der Waals surface area contributed by atoms with Gasteiger partial charge in [0.05, 0.1) is 17.8 Å². The molecule has 1 saturated carbocycles. The normalized spacial score (nSPS) is 20.7. The molecule has 3 heterocycles. The van der Waals surface area contributed by atoms with E-state index in [-0.39, 0.29) is 5.91 Å². The summed E-state index contributed by atoms with van der Waals surface area (Å²) in [7, 11) is 0. The molecule has 0 spiro atoms. The van der Waals surface area contributed by atoms with Gasteiger partial charge in [-0.25, -0.2) is 0 Å². The Balaban J connectivity index is 1.08. The van der Waals surface area contributed by atoms with Crippen LogP contribution in [0.25, 0.3) is 11.3 Å². The molecule has 0 bridgehead atoms. The first kappa shape index (κ1) is 24.0. The number of carbonyl (C=O) groups is 1. The number of hydrogen-bond acceptors (Lipinski definition) is 6. The molecule has 1 aliphatic carbocycles. The Morgan fingerprint density at radius 3 is 2.09 bits per heavy atom. The van der Waals surface area contributed by atoms with E-state index in [4.69, 9.17) is 0 Å². The molecule has 35 heavy (non-hydrogen) atoms. The summed E-state index contributed by atoms with van der Waals surface area (Å²) in [6.07, 6.45) is -0.406. The Morgan fingerprint density at radius 1 is 0.857 bits per heavy atom. The summed E-state index contributed by atoms with van der Waals surface area (Å²) in [6, 6.07) is 9.31. The summed E-state index contributed by atoms with van der Waals surface area (Å²) in [5.41, 5.74) is 0.441. The second-order valence-corrected chi connectivity index (χ2v) is 9.62. The molecule has 2 aromatic rings. The van der Waals surface area contributed by atoms with Gasteiger partial charge in [0.1, 0.15) is 0 Å². The first-order chi connectivity index (χ1) is 16.9. The van der Waals surface area contributed by atoms with Gasteiger partial charge in [-0.05, 0) is 37.1 Å². The van der Waals surface area contributed by atoms with E-state index in [1.165, 1.54) is 31.4 Å². The maximum Gasteiger partial charge on any atom is 0.416 e. The van der Waals surface area contributed by atoms with Crippen molar-refractivity contribution < 1.29 is 18.0 Å². The second kappa shape index (κ2) is 10.1. The van der Waals surface area contributed by atoms with Gasteiger partial charge < -0.3 is 9.80 Å². The summed E-state index contributed by atoms with van der Waals surface area (Å²) in [5, 5.41) is 8.52. The maximum atomic E-state index is 12.8. The number of anilines is 1. The van der Waals surface area contributed by atoms with E-state index in [0.717, 1.165) is 76.4 Å². The van der Waals surface area contributed by atoms with Crippen molar-refractivity contribution in [3.8, 4) is 11.3 Å². The number of halogens is 3. The fraction of sp³-hybridized carbons (Fsp3) is 0.560. The molecule has 188 valence electrons. The lowest BCUT2D eigenvalue weighted by Crippen LogP contribution is -2.56. The van der Waals surface area contributed by atoms with Crippen LogP contribution in [0, 0.1) is 0 Å². The van der Waals surface area contributed by atoms with E-state index in [1.807, 2.05) is 11.0 Å². The average molecular weight is 489 g/mol. The van der Waals surface area contributed by atoms with Crippen LogP contribution in [0.3, 0.4) is 0 Å². The van der Waals surface area contributed by atoms with Crippen LogP contribution < -0.4 is 4.90 Å². The predicted octanol–water partition coefficient (Wildman–Crippen LogP) is 2.98. The zero-order valence-electron chi connectivity index (χ0n) is 19.8. The minimum atomic E-state index is -4.36. The Morgan fingerprint density at radius 2 is 1.54 bits per heavy atom. The van der Waals surface area contributed by atoms with Gasteiger partial charge in [-0.2, -0.15) is 13.2 Å². The summed E-state index contributed by atoms with van der Waals surface area (Å²) in [5.74, 6) is 0.950. The highest BCUT2D eigenvalue weighted by Gasteiger charge is 2.31. The number of alkyl halides is 3. The van der Waals surface area contributed by atoms with Crippen LogP contribution in [-0.2, 0) is 11.0 Å².